The number of alkyl halides is 6. The van der Waals surface area contributed by atoms with Crippen molar-refractivity contribution in [3.8, 4) is 5.75 Å². The van der Waals surface area contributed by atoms with Gasteiger partial charge in [-0.1, -0.05) is 0 Å². The zero-order valence-electron chi connectivity index (χ0n) is 17.5. The first kappa shape index (κ1) is 24.0. The molecule has 3 heterocycles. The lowest BCUT2D eigenvalue weighted by Crippen LogP contribution is -2.35. The third-order valence-electron chi connectivity index (χ3n) is 5.67. The lowest BCUT2D eigenvalue weighted by Gasteiger charge is -2.35. The van der Waals surface area contributed by atoms with Crippen LogP contribution in [0, 0.1) is 11.6 Å². The Morgan fingerprint density at radius 2 is 1.65 bits per heavy atom. The molecule has 4 rings (SSSR count). The summed E-state index contributed by atoms with van der Waals surface area (Å²) in [7, 11) is 1.19. The molecule has 184 valence electrons. The second-order valence-corrected chi connectivity index (χ2v) is 7.78. The molecule has 0 bridgehead atoms. The van der Waals surface area contributed by atoms with Gasteiger partial charge >= 0.3 is 12.4 Å². The topological polar surface area (TPSA) is 55.5 Å². The Morgan fingerprint density at radius 3 is 2.24 bits per heavy atom. The standard InChI is InChI=1S/C20H17F8N5O/c1-34-17-12(22)3-2-11(21)15(17)10-4-6-32(7-5-10)13-9-29-33-14(8-19(23,24)25)30-31-18(33)16(13)20(26,27)28/h2-3,9-10H,4-8H2,1H3. The quantitative estimate of drug-likeness (QED) is 0.481. The highest BCUT2D eigenvalue weighted by Gasteiger charge is 2.41. The number of hydrogen-bond donors (Lipinski definition) is 0. The van der Waals surface area contributed by atoms with Gasteiger partial charge in [0.2, 0.25) is 0 Å². The predicted molar refractivity (Wildman–Crippen MR) is 103 cm³/mol. The number of rotatable bonds is 4. The van der Waals surface area contributed by atoms with Crippen LogP contribution in [0.4, 0.5) is 40.8 Å². The molecule has 14 heteroatoms. The maximum Gasteiger partial charge on any atom is 0.422 e. The molecular formula is C20H17F8N5O. The minimum absolute atomic E-state index is 0.0148. The van der Waals surface area contributed by atoms with Gasteiger partial charge in [-0.2, -0.15) is 36.0 Å². The highest BCUT2D eigenvalue weighted by molar-refractivity contribution is 5.65. The van der Waals surface area contributed by atoms with E-state index in [1.807, 2.05) is 0 Å². The molecule has 0 N–H and O–H groups in total. The monoisotopic (exact) mass is 495 g/mol. The van der Waals surface area contributed by atoms with Crippen molar-refractivity contribution in [2.24, 2.45) is 0 Å². The van der Waals surface area contributed by atoms with Crippen molar-refractivity contribution < 1.29 is 39.9 Å². The van der Waals surface area contributed by atoms with E-state index >= 15 is 0 Å². The molecule has 1 aliphatic heterocycles. The van der Waals surface area contributed by atoms with E-state index in [2.05, 4.69) is 15.3 Å². The van der Waals surface area contributed by atoms with Gasteiger partial charge in [0.25, 0.3) is 0 Å². The number of benzene rings is 1. The average molecular weight is 495 g/mol. The fourth-order valence-electron chi connectivity index (χ4n) is 4.23. The van der Waals surface area contributed by atoms with Crippen molar-refractivity contribution in [3.05, 3.63) is 46.9 Å². The maximum atomic E-state index is 14.4. The molecule has 0 radical (unpaired) electrons. The smallest absolute Gasteiger partial charge is 0.422 e. The van der Waals surface area contributed by atoms with Crippen LogP contribution in [0.2, 0.25) is 0 Å². The van der Waals surface area contributed by atoms with E-state index in [4.69, 9.17) is 4.74 Å². The minimum Gasteiger partial charge on any atom is -0.493 e. The van der Waals surface area contributed by atoms with Crippen molar-refractivity contribution in [2.45, 2.75) is 37.5 Å². The number of anilines is 1. The van der Waals surface area contributed by atoms with Gasteiger partial charge < -0.3 is 9.64 Å². The summed E-state index contributed by atoms with van der Waals surface area (Å²) >= 11 is 0. The van der Waals surface area contributed by atoms with Crippen LogP contribution in [0.25, 0.3) is 5.65 Å². The number of aromatic nitrogens is 4. The number of piperidine rings is 1. The van der Waals surface area contributed by atoms with Crippen LogP contribution >= 0.6 is 0 Å². The van der Waals surface area contributed by atoms with Gasteiger partial charge in [-0.25, -0.2) is 8.78 Å². The van der Waals surface area contributed by atoms with Gasteiger partial charge in [0, 0.05) is 18.7 Å². The van der Waals surface area contributed by atoms with Gasteiger partial charge in [0.15, 0.2) is 23.0 Å². The molecule has 0 saturated carbocycles. The molecule has 1 fully saturated rings. The molecule has 3 aromatic rings. The van der Waals surface area contributed by atoms with Gasteiger partial charge in [-0.15, -0.1) is 10.2 Å². The van der Waals surface area contributed by atoms with Crippen molar-refractivity contribution in [1.82, 2.24) is 19.8 Å². The summed E-state index contributed by atoms with van der Waals surface area (Å²) in [6.45, 7) is 0.0442. The summed E-state index contributed by atoms with van der Waals surface area (Å²) in [6.07, 6.45) is -10.1. The van der Waals surface area contributed by atoms with E-state index in [1.165, 1.54) is 12.0 Å². The summed E-state index contributed by atoms with van der Waals surface area (Å²) in [6, 6.07) is 1.89. The fourth-order valence-corrected chi connectivity index (χ4v) is 4.23. The Hall–Kier alpha value is -3.19. The van der Waals surface area contributed by atoms with E-state index in [9.17, 15) is 35.1 Å². The zero-order valence-corrected chi connectivity index (χ0v) is 17.5. The molecule has 0 atom stereocenters. The van der Waals surface area contributed by atoms with Gasteiger partial charge in [0.05, 0.1) is 19.0 Å². The van der Waals surface area contributed by atoms with E-state index in [1.54, 1.807) is 0 Å². The molecule has 1 aliphatic rings. The summed E-state index contributed by atoms with van der Waals surface area (Å²) in [4.78, 5) is 1.34. The second kappa shape index (κ2) is 8.55. The number of fused-ring (bicyclic) bond motifs is 1. The Kier molecular flexibility index (Phi) is 6.02. The van der Waals surface area contributed by atoms with Crippen molar-refractivity contribution in [1.29, 1.82) is 0 Å². The van der Waals surface area contributed by atoms with Gasteiger partial charge in [-0.3, -0.25) is 0 Å². The lowest BCUT2D eigenvalue weighted by atomic mass is 9.88. The Morgan fingerprint density at radius 1 is 1.00 bits per heavy atom. The lowest BCUT2D eigenvalue weighted by molar-refractivity contribution is -0.136. The normalized spacial score (nSPS) is 15.9. The third-order valence-corrected chi connectivity index (χ3v) is 5.67. The summed E-state index contributed by atoms with van der Waals surface area (Å²) in [5.41, 5.74) is -2.47. The van der Waals surface area contributed by atoms with Crippen LogP contribution in [-0.2, 0) is 12.6 Å². The summed E-state index contributed by atoms with van der Waals surface area (Å²) < 4.78 is 114. The maximum absolute atomic E-state index is 14.4. The average Bonchev–Trinajstić information content (AvgIpc) is 3.15. The Balaban J connectivity index is 1.66. The van der Waals surface area contributed by atoms with E-state index in [0.717, 1.165) is 18.3 Å². The van der Waals surface area contributed by atoms with Crippen LogP contribution < -0.4 is 9.64 Å². The predicted octanol–water partition coefficient (Wildman–Crippen LogP) is 4.92. The van der Waals surface area contributed by atoms with Crippen LogP contribution in [0.1, 0.15) is 35.7 Å². The van der Waals surface area contributed by atoms with Crippen molar-refractivity contribution in [2.75, 3.05) is 25.1 Å². The highest BCUT2D eigenvalue weighted by Crippen LogP contribution is 2.42. The van der Waals surface area contributed by atoms with Crippen LogP contribution in [0.5, 0.6) is 5.75 Å². The fraction of sp³-hybridized carbons (Fsp3) is 0.450. The molecule has 1 saturated heterocycles. The van der Waals surface area contributed by atoms with Crippen LogP contribution in [0.15, 0.2) is 18.3 Å². The molecular weight excluding hydrogens is 478 g/mol. The summed E-state index contributed by atoms with van der Waals surface area (Å²) in [5.74, 6) is -2.97. The Labute approximate surface area is 187 Å². The first-order chi connectivity index (χ1) is 15.9. The SMILES string of the molecule is COc1c(F)ccc(F)c1C1CCN(c2cnn3c(CC(F)(F)F)nnc3c2C(F)(F)F)CC1. The Bertz CT molecular complexity index is 1200. The number of halogens is 8. The van der Waals surface area contributed by atoms with E-state index < -0.39 is 53.4 Å². The van der Waals surface area contributed by atoms with Crippen LogP contribution in [-0.4, -0.2) is 46.2 Å². The van der Waals surface area contributed by atoms with Crippen molar-refractivity contribution in [3.63, 3.8) is 0 Å². The van der Waals surface area contributed by atoms with Gasteiger partial charge in [-0.05, 0) is 30.9 Å². The van der Waals surface area contributed by atoms with E-state index in [0.29, 0.717) is 4.52 Å². The molecule has 0 aliphatic carbocycles. The number of nitrogens with zero attached hydrogens (tertiary/aromatic N) is 5. The largest absolute Gasteiger partial charge is 0.493 e. The molecule has 0 amide bonds. The summed E-state index contributed by atoms with van der Waals surface area (Å²) in [5, 5.41) is 10.3. The molecule has 0 unspecified atom stereocenters. The molecule has 34 heavy (non-hydrogen) atoms. The first-order valence-corrected chi connectivity index (χ1v) is 10.0. The zero-order chi connectivity index (χ0) is 24.8. The molecule has 6 nitrogen and oxygen atoms in total. The third kappa shape index (κ3) is 4.44. The molecule has 2 aromatic heterocycles. The van der Waals surface area contributed by atoms with Gasteiger partial charge in [0.1, 0.15) is 17.8 Å². The van der Waals surface area contributed by atoms with E-state index in [-0.39, 0.29) is 42.9 Å². The number of methoxy groups -OCH3 is 1. The number of ether oxygens (including phenoxy) is 1. The molecule has 0 spiro atoms. The minimum atomic E-state index is -4.96. The van der Waals surface area contributed by atoms with Crippen LogP contribution in [0.3, 0.4) is 0 Å². The highest BCUT2D eigenvalue weighted by atomic mass is 19.4. The number of hydrogen-bond acceptors (Lipinski definition) is 5. The second-order valence-electron chi connectivity index (χ2n) is 7.78. The molecule has 1 aromatic carbocycles. The first-order valence-electron chi connectivity index (χ1n) is 10.0. The van der Waals surface area contributed by atoms with Crippen molar-refractivity contribution >= 4 is 11.3 Å².